The van der Waals surface area contributed by atoms with E-state index in [4.69, 9.17) is 18.9 Å². The molecule has 0 aromatic carbocycles. The number of amides is 1. The fraction of sp³-hybridized carbons (Fsp3) is 0.863. The molecule has 380 valence electrons. The van der Waals surface area contributed by atoms with Gasteiger partial charge in [-0.2, -0.15) is 0 Å². The topological polar surface area (TPSA) is 228 Å². The van der Waals surface area contributed by atoms with Crippen LogP contribution < -0.4 is 5.32 Å². The van der Waals surface area contributed by atoms with Crippen LogP contribution in [0.5, 0.6) is 0 Å². The van der Waals surface area contributed by atoms with Gasteiger partial charge in [-0.3, -0.25) is 4.79 Å². The van der Waals surface area contributed by atoms with Crippen molar-refractivity contribution in [1.82, 2.24) is 5.32 Å². The highest BCUT2D eigenvalue weighted by molar-refractivity contribution is 5.76. The summed E-state index contributed by atoms with van der Waals surface area (Å²) in [6.45, 7) is 2.68. The second kappa shape index (κ2) is 38.1. The number of rotatable bonds is 39. The number of carbonyl (C=O) groups excluding carboxylic acids is 1. The number of hydrogen-bond donors (Lipinski definition) is 9. The maximum atomic E-state index is 13.0. The Morgan fingerprint density at radius 1 is 0.538 bits per heavy atom. The van der Waals surface area contributed by atoms with E-state index in [1.807, 2.05) is 6.08 Å². The van der Waals surface area contributed by atoms with Gasteiger partial charge in [0.25, 0.3) is 0 Å². The van der Waals surface area contributed by atoms with Crippen molar-refractivity contribution in [3.05, 3.63) is 36.5 Å². The molecule has 2 aliphatic rings. The fourth-order valence-corrected chi connectivity index (χ4v) is 8.32. The maximum absolute atomic E-state index is 13.0. The van der Waals surface area contributed by atoms with Crippen LogP contribution in [0.25, 0.3) is 0 Å². The Bertz CT molecular complexity index is 1230. The van der Waals surface area contributed by atoms with Gasteiger partial charge in [0.15, 0.2) is 12.6 Å². The van der Waals surface area contributed by atoms with Crippen molar-refractivity contribution in [2.75, 3.05) is 19.8 Å². The van der Waals surface area contributed by atoms with Gasteiger partial charge < -0.3 is 65.1 Å². The fourth-order valence-electron chi connectivity index (χ4n) is 8.32. The Balaban J connectivity index is 1.75. The van der Waals surface area contributed by atoms with Gasteiger partial charge in [0.2, 0.25) is 5.91 Å². The summed E-state index contributed by atoms with van der Waals surface area (Å²) >= 11 is 0. The molecule has 0 bridgehead atoms. The Hall–Kier alpha value is -1.79. The first-order chi connectivity index (χ1) is 31.6. The first-order valence-corrected chi connectivity index (χ1v) is 25.7. The zero-order valence-electron chi connectivity index (χ0n) is 40.2. The average molecular weight is 928 g/mol. The van der Waals surface area contributed by atoms with Crippen molar-refractivity contribution in [2.45, 2.75) is 261 Å². The minimum Gasteiger partial charge on any atom is -0.394 e. The van der Waals surface area contributed by atoms with Crippen LogP contribution in [0, 0.1) is 0 Å². The van der Waals surface area contributed by atoms with E-state index in [1.165, 1.54) is 96.3 Å². The zero-order valence-corrected chi connectivity index (χ0v) is 40.2. The van der Waals surface area contributed by atoms with Gasteiger partial charge in [-0.05, 0) is 44.9 Å². The minimum absolute atomic E-state index is 0.264. The molecule has 2 rings (SSSR count). The van der Waals surface area contributed by atoms with E-state index in [1.54, 1.807) is 6.08 Å². The molecule has 14 nitrogen and oxygen atoms in total. The monoisotopic (exact) mass is 928 g/mol. The van der Waals surface area contributed by atoms with Crippen LogP contribution in [0.4, 0.5) is 0 Å². The summed E-state index contributed by atoms with van der Waals surface area (Å²) in [7, 11) is 0. The molecule has 0 radical (unpaired) electrons. The molecular formula is C51H93NO13. The molecule has 0 spiro atoms. The molecule has 2 fully saturated rings. The van der Waals surface area contributed by atoms with Crippen molar-refractivity contribution < 1.29 is 64.6 Å². The van der Waals surface area contributed by atoms with E-state index in [-0.39, 0.29) is 18.9 Å². The second-order valence-electron chi connectivity index (χ2n) is 18.3. The van der Waals surface area contributed by atoms with E-state index < -0.39 is 86.8 Å². The van der Waals surface area contributed by atoms with E-state index in [9.17, 15) is 45.6 Å². The molecule has 65 heavy (non-hydrogen) atoms. The Labute approximate surface area is 391 Å². The van der Waals surface area contributed by atoms with Crippen LogP contribution in [-0.4, -0.2) is 140 Å². The van der Waals surface area contributed by atoms with Crippen LogP contribution in [-0.2, 0) is 23.7 Å². The van der Waals surface area contributed by atoms with Crippen LogP contribution >= 0.6 is 0 Å². The van der Waals surface area contributed by atoms with E-state index in [2.05, 4.69) is 43.5 Å². The largest absolute Gasteiger partial charge is 0.394 e. The Morgan fingerprint density at radius 3 is 1.51 bits per heavy atom. The molecule has 12 unspecified atom stereocenters. The first-order valence-electron chi connectivity index (χ1n) is 25.7. The normalized spacial score (nSPS) is 27.3. The summed E-state index contributed by atoms with van der Waals surface area (Å²) in [5.41, 5.74) is 0. The molecule has 12 atom stereocenters. The maximum Gasteiger partial charge on any atom is 0.220 e. The van der Waals surface area contributed by atoms with E-state index >= 15 is 0 Å². The lowest BCUT2D eigenvalue weighted by Gasteiger charge is -2.46. The third kappa shape index (κ3) is 25.4. The van der Waals surface area contributed by atoms with Crippen LogP contribution in [0.2, 0.25) is 0 Å². The molecule has 14 heteroatoms. The number of unbranched alkanes of at least 4 members (excludes halogenated alkanes) is 22. The predicted octanol–water partition coefficient (Wildman–Crippen LogP) is 6.71. The van der Waals surface area contributed by atoms with E-state index in [0.717, 1.165) is 57.8 Å². The quantitative estimate of drug-likeness (QED) is 0.0231. The summed E-state index contributed by atoms with van der Waals surface area (Å²) in [5, 5.41) is 86.4. The number of aliphatic hydroxyl groups is 8. The number of ether oxygens (including phenoxy) is 4. The molecule has 2 saturated heterocycles. The number of hydrogen-bond acceptors (Lipinski definition) is 13. The van der Waals surface area contributed by atoms with Crippen molar-refractivity contribution >= 4 is 5.91 Å². The summed E-state index contributed by atoms with van der Waals surface area (Å²) in [6.07, 6.45) is 26.8. The standard InChI is InChI=1S/C51H93NO13/c1-3-5-7-9-11-12-13-14-15-16-17-18-19-20-21-22-23-24-25-26-27-28-29-30-32-34-40(55)39(52-43(56)35-33-31-10-8-6-4-2)38-62-50-48(61)46(59)49(42(37-54)64-50)65-51-47(60)45(58)44(57)41(36-53)63-51/h23-24,27-28,32,34,39-42,44-51,53-55,57-61H,3-22,25-26,29-31,33,35-38H2,1-2H3,(H,52,56)/b24-23+,28-27+,34-32+. The van der Waals surface area contributed by atoms with Crippen LogP contribution in [0.3, 0.4) is 0 Å². The SMILES string of the molecule is CCCCCCCCCCCCCCCCC/C=C/CC/C=C/CC/C=C/C(O)C(COC1OC(CO)C(OC2OC(CO)C(O)C(O)C2O)C(O)C1O)NC(=O)CCCCCCCC. The molecule has 9 N–H and O–H groups in total. The van der Waals surface area contributed by atoms with E-state index in [0.29, 0.717) is 12.8 Å². The third-order valence-electron chi connectivity index (χ3n) is 12.6. The lowest BCUT2D eigenvalue weighted by atomic mass is 9.97. The molecule has 2 heterocycles. The predicted molar refractivity (Wildman–Crippen MR) is 254 cm³/mol. The molecule has 1 amide bonds. The van der Waals surface area contributed by atoms with Crippen molar-refractivity contribution in [3.63, 3.8) is 0 Å². The molecule has 2 aliphatic heterocycles. The van der Waals surface area contributed by atoms with Crippen molar-refractivity contribution in [1.29, 1.82) is 0 Å². The molecule has 0 aromatic heterocycles. The Kier molecular flexibility index (Phi) is 34.8. The average Bonchev–Trinajstić information content (AvgIpc) is 3.30. The highest BCUT2D eigenvalue weighted by atomic mass is 16.7. The van der Waals surface area contributed by atoms with Gasteiger partial charge in [0.1, 0.15) is 48.8 Å². The van der Waals surface area contributed by atoms with Gasteiger partial charge in [-0.15, -0.1) is 0 Å². The molecule has 0 aliphatic carbocycles. The van der Waals surface area contributed by atoms with Crippen LogP contribution in [0.1, 0.15) is 187 Å². The summed E-state index contributed by atoms with van der Waals surface area (Å²) in [6, 6.07) is -0.931. The number of nitrogens with one attached hydrogen (secondary N) is 1. The van der Waals surface area contributed by atoms with Crippen molar-refractivity contribution in [2.24, 2.45) is 0 Å². The summed E-state index contributed by atoms with van der Waals surface area (Å²) in [4.78, 5) is 13.0. The summed E-state index contributed by atoms with van der Waals surface area (Å²) < 4.78 is 22.6. The number of allylic oxidation sites excluding steroid dienone is 5. The first kappa shape index (κ1) is 59.3. The van der Waals surface area contributed by atoms with Crippen molar-refractivity contribution in [3.8, 4) is 0 Å². The minimum atomic E-state index is -1.79. The van der Waals surface area contributed by atoms with Gasteiger partial charge in [-0.1, -0.05) is 172 Å². The highest BCUT2D eigenvalue weighted by Gasteiger charge is 2.51. The lowest BCUT2D eigenvalue weighted by Crippen LogP contribution is -2.65. The van der Waals surface area contributed by atoms with Crippen LogP contribution in [0.15, 0.2) is 36.5 Å². The Morgan fingerprint density at radius 2 is 0.985 bits per heavy atom. The van der Waals surface area contributed by atoms with Gasteiger partial charge in [0, 0.05) is 6.42 Å². The summed E-state index contributed by atoms with van der Waals surface area (Å²) in [5.74, 6) is -0.264. The highest BCUT2D eigenvalue weighted by Crippen LogP contribution is 2.30. The number of carbonyl (C=O) groups is 1. The number of aliphatic hydroxyl groups excluding tert-OH is 8. The molecular weight excluding hydrogens is 835 g/mol. The lowest BCUT2D eigenvalue weighted by molar-refractivity contribution is -0.359. The van der Waals surface area contributed by atoms with Gasteiger partial charge >= 0.3 is 0 Å². The second-order valence-corrected chi connectivity index (χ2v) is 18.3. The molecule has 0 saturated carbocycles. The van der Waals surface area contributed by atoms with Gasteiger partial charge in [-0.25, -0.2) is 0 Å². The smallest absolute Gasteiger partial charge is 0.220 e. The third-order valence-corrected chi connectivity index (χ3v) is 12.6. The molecule has 0 aromatic rings. The zero-order chi connectivity index (χ0) is 47.5. The van der Waals surface area contributed by atoms with Gasteiger partial charge in [0.05, 0.1) is 32.0 Å².